The van der Waals surface area contributed by atoms with Crippen LogP contribution in [0.2, 0.25) is 5.15 Å². The van der Waals surface area contributed by atoms with Gasteiger partial charge >= 0.3 is 0 Å². The first-order valence-electron chi connectivity index (χ1n) is 6.13. The molecule has 104 valence electrons. The SMILES string of the molecule is CNC(=S)N/N=C\c1sc(N2CCCCC2)nc1Cl. The van der Waals surface area contributed by atoms with E-state index in [0.717, 1.165) is 23.1 Å². The Morgan fingerprint density at radius 1 is 1.47 bits per heavy atom. The van der Waals surface area contributed by atoms with E-state index in [1.807, 2.05) is 0 Å². The highest BCUT2D eigenvalue weighted by molar-refractivity contribution is 7.80. The van der Waals surface area contributed by atoms with E-state index in [1.165, 1.54) is 19.3 Å². The van der Waals surface area contributed by atoms with Gasteiger partial charge in [0.25, 0.3) is 0 Å². The summed E-state index contributed by atoms with van der Waals surface area (Å²) in [6.45, 7) is 2.12. The molecule has 2 heterocycles. The van der Waals surface area contributed by atoms with Gasteiger partial charge in [-0.15, -0.1) is 0 Å². The molecule has 1 aromatic heterocycles. The Morgan fingerprint density at radius 2 is 2.21 bits per heavy atom. The number of halogens is 1. The van der Waals surface area contributed by atoms with Gasteiger partial charge in [0.15, 0.2) is 15.4 Å². The van der Waals surface area contributed by atoms with Crippen LogP contribution in [0.3, 0.4) is 0 Å². The minimum absolute atomic E-state index is 0.466. The molecule has 1 saturated heterocycles. The second-order valence-corrected chi connectivity index (χ2v) is 5.92. The number of anilines is 1. The molecule has 0 amide bonds. The molecule has 1 aromatic rings. The smallest absolute Gasteiger partial charge is 0.187 e. The third-order valence-electron chi connectivity index (χ3n) is 2.80. The molecule has 0 bridgehead atoms. The number of thiazole rings is 1. The highest BCUT2D eigenvalue weighted by Gasteiger charge is 2.16. The Morgan fingerprint density at radius 3 is 2.89 bits per heavy atom. The molecule has 1 aliphatic heterocycles. The summed E-state index contributed by atoms with van der Waals surface area (Å²) >= 11 is 12.6. The van der Waals surface area contributed by atoms with Crippen molar-refractivity contribution in [1.29, 1.82) is 0 Å². The van der Waals surface area contributed by atoms with Gasteiger partial charge in [-0.05, 0) is 31.5 Å². The lowest BCUT2D eigenvalue weighted by atomic mass is 10.1. The monoisotopic (exact) mass is 317 g/mol. The van der Waals surface area contributed by atoms with E-state index in [0.29, 0.717) is 10.3 Å². The molecule has 5 nitrogen and oxygen atoms in total. The molecule has 2 rings (SSSR count). The maximum atomic E-state index is 6.12. The summed E-state index contributed by atoms with van der Waals surface area (Å²) in [5.74, 6) is 0. The predicted octanol–water partition coefficient (Wildman–Crippen LogP) is 2.21. The number of hydrazone groups is 1. The van der Waals surface area contributed by atoms with Crippen molar-refractivity contribution in [3.05, 3.63) is 10.0 Å². The predicted molar refractivity (Wildman–Crippen MR) is 85.6 cm³/mol. The lowest BCUT2D eigenvalue weighted by Crippen LogP contribution is -2.29. The molecule has 0 radical (unpaired) electrons. The van der Waals surface area contributed by atoms with Crippen LogP contribution >= 0.6 is 35.2 Å². The van der Waals surface area contributed by atoms with Crippen LogP contribution < -0.4 is 15.6 Å². The summed E-state index contributed by atoms with van der Waals surface area (Å²) in [6, 6.07) is 0. The van der Waals surface area contributed by atoms with Gasteiger partial charge < -0.3 is 10.2 Å². The van der Waals surface area contributed by atoms with E-state index >= 15 is 0 Å². The first kappa shape index (κ1) is 14.5. The summed E-state index contributed by atoms with van der Waals surface area (Å²) in [6.07, 6.45) is 5.39. The molecular formula is C11H16ClN5S2. The number of nitrogens with one attached hydrogen (secondary N) is 2. The summed E-state index contributed by atoms with van der Waals surface area (Å²) in [5, 5.41) is 8.73. The summed E-state index contributed by atoms with van der Waals surface area (Å²) in [7, 11) is 1.74. The van der Waals surface area contributed by atoms with Crippen LogP contribution in [-0.2, 0) is 0 Å². The Labute approximate surface area is 127 Å². The fourth-order valence-electron chi connectivity index (χ4n) is 1.81. The van der Waals surface area contributed by atoms with E-state index in [2.05, 4.69) is 25.7 Å². The number of nitrogens with zero attached hydrogens (tertiary/aromatic N) is 3. The maximum Gasteiger partial charge on any atom is 0.187 e. The highest BCUT2D eigenvalue weighted by atomic mass is 35.5. The van der Waals surface area contributed by atoms with Gasteiger partial charge in [-0.25, -0.2) is 4.98 Å². The van der Waals surface area contributed by atoms with Gasteiger partial charge in [-0.1, -0.05) is 22.9 Å². The molecule has 0 aromatic carbocycles. The molecule has 19 heavy (non-hydrogen) atoms. The maximum absolute atomic E-state index is 6.12. The van der Waals surface area contributed by atoms with Crippen LogP contribution in [0.25, 0.3) is 0 Å². The molecule has 0 aliphatic carbocycles. The van der Waals surface area contributed by atoms with Crippen molar-refractivity contribution in [2.24, 2.45) is 5.10 Å². The second-order valence-electron chi connectivity index (χ2n) is 4.15. The van der Waals surface area contributed by atoms with Crippen molar-refractivity contribution >= 4 is 51.6 Å². The summed E-state index contributed by atoms with van der Waals surface area (Å²) in [5.41, 5.74) is 2.69. The molecule has 0 saturated carbocycles. The average Bonchev–Trinajstić information content (AvgIpc) is 2.81. The average molecular weight is 318 g/mol. The molecule has 0 atom stereocenters. The number of hydrogen-bond donors (Lipinski definition) is 2. The van der Waals surface area contributed by atoms with Gasteiger partial charge in [0.05, 0.1) is 11.1 Å². The Balaban J connectivity index is 2.01. The first-order chi connectivity index (χ1) is 9.20. The van der Waals surface area contributed by atoms with Gasteiger partial charge in [-0.3, -0.25) is 5.43 Å². The highest BCUT2D eigenvalue weighted by Crippen LogP contribution is 2.30. The van der Waals surface area contributed by atoms with Crippen LogP contribution in [0.1, 0.15) is 24.1 Å². The van der Waals surface area contributed by atoms with E-state index in [4.69, 9.17) is 23.8 Å². The van der Waals surface area contributed by atoms with E-state index in [9.17, 15) is 0 Å². The molecule has 0 spiro atoms. The third-order valence-corrected chi connectivity index (χ3v) is 4.55. The second kappa shape index (κ2) is 7.02. The summed E-state index contributed by atoms with van der Waals surface area (Å²) < 4.78 is 0. The van der Waals surface area contributed by atoms with Gasteiger partial charge in [0.2, 0.25) is 0 Å². The van der Waals surface area contributed by atoms with E-state index in [1.54, 1.807) is 24.6 Å². The first-order valence-corrected chi connectivity index (χ1v) is 7.73. The molecule has 2 N–H and O–H groups in total. The zero-order valence-electron chi connectivity index (χ0n) is 10.6. The molecule has 8 heteroatoms. The van der Waals surface area contributed by atoms with E-state index < -0.39 is 0 Å². The number of rotatable bonds is 3. The van der Waals surface area contributed by atoms with Crippen LogP contribution in [0.4, 0.5) is 5.13 Å². The number of piperidine rings is 1. The third kappa shape index (κ3) is 4.02. The van der Waals surface area contributed by atoms with Crippen molar-refractivity contribution < 1.29 is 0 Å². The van der Waals surface area contributed by atoms with Crippen molar-refractivity contribution in [1.82, 2.24) is 15.7 Å². The number of hydrogen-bond acceptors (Lipinski definition) is 5. The van der Waals surface area contributed by atoms with Crippen LogP contribution in [-0.4, -0.2) is 36.4 Å². The van der Waals surface area contributed by atoms with Crippen LogP contribution in [0.15, 0.2) is 5.10 Å². The van der Waals surface area contributed by atoms with Crippen molar-refractivity contribution in [3.63, 3.8) is 0 Å². The van der Waals surface area contributed by atoms with Gasteiger partial charge in [-0.2, -0.15) is 5.10 Å². The number of thiocarbonyl (C=S) groups is 1. The normalized spacial score (nSPS) is 15.8. The minimum atomic E-state index is 0.466. The van der Waals surface area contributed by atoms with Crippen molar-refractivity contribution in [3.8, 4) is 0 Å². The molecule has 1 fully saturated rings. The minimum Gasteiger partial charge on any atom is -0.364 e. The van der Waals surface area contributed by atoms with Gasteiger partial charge in [0, 0.05) is 20.1 Å². The molecular weight excluding hydrogens is 302 g/mol. The molecule has 0 unspecified atom stereocenters. The van der Waals surface area contributed by atoms with Gasteiger partial charge in [0.1, 0.15) is 0 Å². The largest absolute Gasteiger partial charge is 0.364 e. The zero-order valence-corrected chi connectivity index (χ0v) is 13.0. The van der Waals surface area contributed by atoms with Crippen LogP contribution in [0, 0.1) is 0 Å². The van der Waals surface area contributed by atoms with Crippen LogP contribution in [0.5, 0.6) is 0 Å². The fraction of sp³-hybridized carbons (Fsp3) is 0.545. The van der Waals surface area contributed by atoms with E-state index in [-0.39, 0.29) is 0 Å². The Bertz CT molecular complexity index is 468. The number of aromatic nitrogens is 1. The standard InChI is InChI=1S/C11H16ClN5S2/c1-13-10(18)16-14-7-8-9(12)15-11(19-8)17-5-3-2-4-6-17/h7H,2-6H2,1H3,(H2,13,16,18)/b14-7-. The van der Waals surface area contributed by atoms with Crippen molar-refractivity contribution in [2.45, 2.75) is 19.3 Å². The summed E-state index contributed by atoms with van der Waals surface area (Å²) in [4.78, 5) is 7.52. The lowest BCUT2D eigenvalue weighted by molar-refractivity contribution is 0.577. The zero-order chi connectivity index (χ0) is 13.7. The Hall–Kier alpha value is -0.920. The quantitative estimate of drug-likeness (QED) is 0.508. The topological polar surface area (TPSA) is 52.6 Å². The Kier molecular flexibility index (Phi) is 5.35. The van der Waals surface area contributed by atoms with Crippen molar-refractivity contribution in [2.75, 3.05) is 25.0 Å². The lowest BCUT2D eigenvalue weighted by Gasteiger charge is -2.25. The fourth-order valence-corrected chi connectivity index (χ4v) is 3.04. The molecule has 1 aliphatic rings.